The van der Waals surface area contributed by atoms with Crippen molar-refractivity contribution in [2.45, 2.75) is 25.8 Å². The number of nitrogens with zero attached hydrogens (tertiary/aromatic N) is 2. The van der Waals surface area contributed by atoms with Crippen LogP contribution >= 0.6 is 0 Å². The van der Waals surface area contributed by atoms with Crippen molar-refractivity contribution in [1.82, 2.24) is 20.2 Å². The van der Waals surface area contributed by atoms with Gasteiger partial charge in [-0.15, -0.1) is 0 Å². The van der Waals surface area contributed by atoms with Crippen LogP contribution in [0.25, 0.3) is 0 Å². The van der Waals surface area contributed by atoms with Crippen molar-refractivity contribution >= 4 is 5.91 Å². The summed E-state index contributed by atoms with van der Waals surface area (Å²) in [6, 6.07) is 0.363. The van der Waals surface area contributed by atoms with Gasteiger partial charge in [-0.2, -0.15) is 0 Å². The van der Waals surface area contributed by atoms with E-state index in [1.807, 2.05) is 11.8 Å². The van der Waals surface area contributed by atoms with Gasteiger partial charge in [0.05, 0.1) is 12.5 Å². The smallest absolute Gasteiger partial charge is 0.272 e. The number of hydrogen-bond acceptors (Lipinski definition) is 3. The molecule has 16 heavy (non-hydrogen) atoms. The minimum absolute atomic E-state index is 0.0619. The number of imidazole rings is 1. The second-order valence-corrected chi connectivity index (χ2v) is 4.04. The van der Waals surface area contributed by atoms with Crippen molar-refractivity contribution in [3.05, 3.63) is 18.2 Å². The van der Waals surface area contributed by atoms with Crippen molar-refractivity contribution in [3.8, 4) is 0 Å². The molecule has 0 aliphatic carbocycles. The van der Waals surface area contributed by atoms with E-state index < -0.39 is 0 Å². The predicted molar refractivity (Wildman–Crippen MR) is 61.2 cm³/mol. The Morgan fingerprint density at radius 1 is 1.56 bits per heavy atom. The molecule has 2 rings (SSSR count). The molecule has 1 amide bonds. The van der Waals surface area contributed by atoms with E-state index in [0.29, 0.717) is 11.7 Å². The van der Waals surface area contributed by atoms with Crippen molar-refractivity contribution in [2.24, 2.45) is 0 Å². The summed E-state index contributed by atoms with van der Waals surface area (Å²) in [4.78, 5) is 20.9. The van der Waals surface area contributed by atoms with Gasteiger partial charge in [-0.3, -0.25) is 4.79 Å². The van der Waals surface area contributed by atoms with Crippen LogP contribution in [0.1, 0.15) is 30.3 Å². The first-order valence-corrected chi connectivity index (χ1v) is 5.83. The molecule has 1 aromatic heterocycles. The summed E-state index contributed by atoms with van der Waals surface area (Å²) in [7, 11) is 0. The highest BCUT2D eigenvalue weighted by molar-refractivity contribution is 5.92. The molecule has 5 heteroatoms. The fraction of sp³-hybridized carbons (Fsp3) is 0.636. The molecular formula is C11H18N4O. The third kappa shape index (κ3) is 2.24. The van der Waals surface area contributed by atoms with Crippen molar-refractivity contribution in [3.63, 3.8) is 0 Å². The van der Waals surface area contributed by atoms with Crippen LogP contribution < -0.4 is 5.32 Å². The number of rotatable bonds is 3. The number of hydrogen-bond donors (Lipinski definition) is 2. The van der Waals surface area contributed by atoms with Crippen molar-refractivity contribution < 1.29 is 4.79 Å². The number of H-pyrrole nitrogens is 1. The third-order valence-corrected chi connectivity index (χ3v) is 3.08. The molecule has 2 heterocycles. The third-order valence-electron chi connectivity index (χ3n) is 3.08. The molecule has 2 N–H and O–H groups in total. The molecule has 0 saturated carbocycles. The molecule has 0 unspecified atom stereocenters. The summed E-state index contributed by atoms with van der Waals surface area (Å²) >= 11 is 0. The first kappa shape index (κ1) is 11.1. The number of nitrogens with one attached hydrogen (secondary N) is 2. The molecule has 88 valence electrons. The Balaban J connectivity index is 2.06. The summed E-state index contributed by atoms with van der Waals surface area (Å²) in [5.74, 6) is 0.0619. The molecule has 0 bridgehead atoms. The van der Waals surface area contributed by atoms with Gasteiger partial charge in [0.25, 0.3) is 5.91 Å². The quantitative estimate of drug-likeness (QED) is 0.788. The maximum atomic E-state index is 12.2. The molecular weight excluding hydrogens is 204 g/mol. The summed E-state index contributed by atoms with van der Waals surface area (Å²) in [6.45, 7) is 4.77. The van der Waals surface area contributed by atoms with Crippen LogP contribution in [-0.4, -0.2) is 46.5 Å². The molecule has 0 atom stereocenters. The van der Waals surface area contributed by atoms with E-state index in [1.54, 1.807) is 12.5 Å². The number of carbonyl (C=O) groups excluding carboxylic acids is 1. The molecule has 1 aromatic rings. The highest BCUT2D eigenvalue weighted by Crippen LogP contribution is 2.14. The average Bonchev–Trinajstić information content (AvgIpc) is 2.85. The second kappa shape index (κ2) is 5.12. The van der Waals surface area contributed by atoms with Gasteiger partial charge in [-0.25, -0.2) is 4.98 Å². The molecule has 1 fully saturated rings. The Kier molecular flexibility index (Phi) is 3.56. The number of carbonyl (C=O) groups is 1. The van der Waals surface area contributed by atoms with Crippen LogP contribution in [0, 0.1) is 0 Å². The lowest BCUT2D eigenvalue weighted by Crippen LogP contribution is -2.46. The number of aromatic nitrogens is 2. The van der Waals surface area contributed by atoms with E-state index >= 15 is 0 Å². The maximum absolute atomic E-state index is 12.2. The van der Waals surface area contributed by atoms with Crippen molar-refractivity contribution in [1.29, 1.82) is 0 Å². The zero-order valence-electron chi connectivity index (χ0n) is 9.57. The Bertz CT molecular complexity index is 330. The lowest BCUT2D eigenvalue weighted by atomic mass is 10.0. The fourth-order valence-electron chi connectivity index (χ4n) is 2.21. The highest BCUT2D eigenvalue weighted by Gasteiger charge is 2.25. The van der Waals surface area contributed by atoms with Gasteiger partial charge in [0.15, 0.2) is 0 Å². The summed E-state index contributed by atoms with van der Waals surface area (Å²) in [5.41, 5.74) is 0.584. The van der Waals surface area contributed by atoms with E-state index in [0.717, 1.165) is 32.5 Å². The highest BCUT2D eigenvalue weighted by atomic mass is 16.2. The monoisotopic (exact) mass is 222 g/mol. The van der Waals surface area contributed by atoms with Gasteiger partial charge in [0.1, 0.15) is 5.69 Å². The van der Waals surface area contributed by atoms with Gasteiger partial charge in [-0.05, 0) is 32.9 Å². The van der Waals surface area contributed by atoms with Crippen LogP contribution in [0.15, 0.2) is 12.5 Å². The molecule has 1 aliphatic heterocycles. The Morgan fingerprint density at radius 2 is 2.31 bits per heavy atom. The molecule has 1 saturated heterocycles. The Labute approximate surface area is 95.2 Å². The molecule has 1 aliphatic rings. The first-order chi connectivity index (χ1) is 7.83. The standard InChI is InChI=1S/C11H18N4O/c1-2-15(9-3-5-12-6-4-9)11(16)10-7-13-8-14-10/h7-9,12H,2-6H2,1H3,(H,13,14). The second-order valence-electron chi connectivity index (χ2n) is 4.04. The fourth-order valence-corrected chi connectivity index (χ4v) is 2.21. The summed E-state index contributed by atoms with van der Waals surface area (Å²) in [6.07, 6.45) is 5.21. The predicted octanol–water partition coefficient (Wildman–Crippen LogP) is 0.624. The van der Waals surface area contributed by atoms with E-state index in [4.69, 9.17) is 0 Å². The van der Waals surface area contributed by atoms with Gasteiger partial charge in [0.2, 0.25) is 0 Å². The van der Waals surface area contributed by atoms with Crippen LogP contribution in [0.3, 0.4) is 0 Å². The lowest BCUT2D eigenvalue weighted by Gasteiger charge is -2.33. The molecule has 5 nitrogen and oxygen atoms in total. The largest absolute Gasteiger partial charge is 0.341 e. The zero-order chi connectivity index (χ0) is 11.4. The number of amides is 1. The van der Waals surface area contributed by atoms with Gasteiger partial charge in [-0.1, -0.05) is 0 Å². The first-order valence-electron chi connectivity index (χ1n) is 5.83. The topological polar surface area (TPSA) is 61.0 Å². The normalized spacial score (nSPS) is 17.3. The Hall–Kier alpha value is -1.36. The van der Waals surface area contributed by atoms with E-state index in [1.165, 1.54) is 0 Å². The molecule has 0 spiro atoms. The molecule has 0 aromatic carbocycles. The van der Waals surface area contributed by atoms with Crippen LogP contribution in [-0.2, 0) is 0 Å². The summed E-state index contributed by atoms with van der Waals surface area (Å²) in [5, 5.41) is 3.31. The zero-order valence-corrected chi connectivity index (χ0v) is 9.57. The molecule has 0 radical (unpaired) electrons. The Morgan fingerprint density at radius 3 is 2.88 bits per heavy atom. The minimum atomic E-state index is 0.0619. The number of piperidine rings is 1. The summed E-state index contributed by atoms with van der Waals surface area (Å²) < 4.78 is 0. The van der Waals surface area contributed by atoms with Crippen molar-refractivity contribution in [2.75, 3.05) is 19.6 Å². The van der Waals surface area contributed by atoms with Crippen LogP contribution in [0.4, 0.5) is 0 Å². The average molecular weight is 222 g/mol. The number of aromatic amines is 1. The van der Waals surface area contributed by atoms with Crippen LogP contribution in [0.2, 0.25) is 0 Å². The minimum Gasteiger partial charge on any atom is -0.341 e. The maximum Gasteiger partial charge on any atom is 0.272 e. The van der Waals surface area contributed by atoms with Gasteiger partial charge < -0.3 is 15.2 Å². The van der Waals surface area contributed by atoms with Gasteiger partial charge in [0, 0.05) is 12.6 Å². The van der Waals surface area contributed by atoms with E-state index in [2.05, 4.69) is 15.3 Å². The van der Waals surface area contributed by atoms with E-state index in [9.17, 15) is 4.79 Å². The van der Waals surface area contributed by atoms with Gasteiger partial charge >= 0.3 is 0 Å². The van der Waals surface area contributed by atoms with Crippen LogP contribution in [0.5, 0.6) is 0 Å². The van der Waals surface area contributed by atoms with E-state index in [-0.39, 0.29) is 5.91 Å². The lowest BCUT2D eigenvalue weighted by molar-refractivity contribution is 0.0650. The SMILES string of the molecule is CCN(C(=O)c1cnc[nH]1)C1CCNCC1.